The van der Waals surface area contributed by atoms with Crippen LogP contribution in [0.2, 0.25) is 0 Å². The van der Waals surface area contributed by atoms with Crippen molar-refractivity contribution in [2.75, 3.05) is 0 Å². The van der Waals surface area contributed by atoms with E-state index in [4.69, 9.17) is 0 Å². The number of ether oxygens (including phenoxy) is 1. The number of aryl methyl sites for hydroxylation is 1. The fourth-order valence-corrected chi connectivity index (χ4v) is 2.37. The third kappa shape index (κ3) is 3.03. The van der Waals surface area contributed by atoms with Gasteiger partial charge < -0.3 is 4.74 Å². The van der Waals surface area contributed by atoms with Crippen molar-refractivity contribution in [3.05, 3.63) is 60.3 Å². The van der Waals surface area contributed by atoms with Gasteiger partial charge in [0.1, 0.15) is 5.75 Å². The summed E-state index contributed by atoms with van der Waals surface area (Å²) in [6, 6.07) is 15.5. The number of aromatic nitrogens is 1. The zero-order chi connectivity index (χ0) is 15.7. The first-order chi connectivity index (χ1) is 10.4. The zero-order valence-corrected chi connectivity index (χ0v) is 11.7. The number of rotatable bonds is 2. The Morgan fingerprint density at radius 1 is 0.955 bits per heavy atom. The van der Waals surface area contributed by atoms with E-state index in [1.165, 1.54) is 12.1 Å². The molecule has 1 heterocycles. The highest BCUT2D eigenvalue weighted by Crippen LogP contribution is 2.30. The van der Waals surface area contributed by atoms with Gasteiger partial charge in [0.05, 0.1) is 5.69 Å². The molecule has 22 heavy (non-hydrogen) atoms. The van der Waals surface area contributed by atoms with Crippen molar-refractivity contribution in [2.45, 2.75) is 13.3 Å². The maximum Gasteiger partial charge on any atom is 0.573 e. The van der Waals surface area contributed by atoms with Crippen molar-refractivity contribution in [3.63, 3.8) is 0 Å². The van der Waals surface area contributed by atoms with Crippen molar-refractivity contribution in [1.82, 2.24) is 4.98 Å². The predicted octanol–water partition coefficient (Wildman–Crippen LogP) is 5.11. The molecule has 0 fully saturated rings. The molecule has 3 aromatic rings. The molecule has 1 aromatic heterocycles. The second kappa shape index (κ2) is 5.33. The largest absolute Gasteiger partial charge is 0.573 e. The fourth-order valence-electron chi connectivity index (χ4n) is 2.37. The van der Waals surface area contributed by atoms with E-state index in [1.807, 2.05) is 37.3 Å². The number of alkyl halides is 3. The maximum atomic E-state index is 12.2. The summed E-state index contributed by atoms with van der Waals surface area (Å²) in [4.78, 5) is 4.51. The number of nitrogens with zero attached hydrogens (tertiary/aromatic N) is 1. The lowest BCUT2D eigenvalue weighted by molar-refractivity contribution is -0.274. The van der Waals surface area contributed by atoms with Crippen LogP contribution < -0.4 is 4.74 Å². The number of benzene rings is 2. The van der Waals surface area contributed by atoms with E-state index in [9.17, 15) is 13.2 Å². The normalized spacial score (nSPS) is 11.6. The summed E-state index contributed by atoms with van der Waals surface area (Å²) < 4.78 is 40.5. The molecular formula is C17H12F3NO. The molecule has 2 nitrogen and oxygen atoms in total. The highest BCUT2D eigenvalue weighted by molar-refractivity contribution is 5.94. The Morgan fingerprint density at radius 3 is 2.32 bits per heavy atom. The predicted molar refractivity (Wildman–Crippen MR) is 78.6 cm³/mol. The molecule has 0 radical (unpaired) electrons. The molecule has 0 N–H and O–H groups in total. The van der Waals surface area contributed by atoms with E-state index in [2.05, 4.69) is 9.72 Å². The summed E-state index contributed by atoms with van der Waals surface area (Å²) in [5.41, 5.74) is 2.34. The second-order valence-electron chi connectivity index (χ2n) is 4.91. The van der Waals surface area contributed by atoms with E-state index < -0.39 is 6.36 Å². The number of fused-ring (bicyclic) bond motifs is 1. The molecule has 5 heteroatoms. The summed E-state index contributed by atoms with van der Waals surface area (Å²) in [5, 5.41) is 2.00. The smallest absolute Gasteiger partial charge is 0.406 e. The van der Waals surface area contributed by atoms with Crippen LogP contribution in [0.1, 0.15) is 5.69 Å². The third-order valence-electron chi connectivity index (χ3n) is 3.23. The van der Waals surface area contributed by atoms with Gasteiger partial charge in [-0.15, -0.1) is 13.2 Å². The van der Waals surface area contributed by atoms with Crippen LogP contribution in [0.5, 0.6) is 5.75 Å². The average molecular weight is 303 g/mol. The van der Waals surface area contributed by atoms with Gasteiger partial charge in [-0.1, -0.05) is 24.3 Å². The van der Waals surface area contributed by atoms with Crippen molar-refractivity contribution in [2.24, 2.45) is 0 Å². The minimum atomic E-state index is -4.68. The van der Waals surface area contributed by atoms with Gasteiger partial charge in [-0.25, -0.2) is 0 Å². The molecule has 3 rings (SSSR count). The summed E-state index contributed by atoms with van der Waals surface area (Å²) in [6.45, 7) is 1.89. The van der Waals surface area contributed by atoms with E-state index in [-0.39, 0.29) is 5.75 Å². The van der Waals surface area contributed by atoms with Crippen LogP contribution in [-0.2, 0) is 0 Å². The van der Waals surface area contributed by atoms with Crippen LogP contribution in [0.3, 0.4) is 0 Å². The fraction of sp³-hybridized carbons (Fsp3) is 0.118. The Labute approximate surface area is 125 Å². The summed E-state index contributed by atoms with van der Waals surface area (Å²) in [7, 11) is 0. The Morgan fingerprint density at radius 2 is 1.64 bits per heavy atom. The Balaban J connectivity index is 2.04. The molecule has 0 amide bonds. The van der Waals surface area contributed by atoms with Gasteiger partial charge in [0.2, 0.25) is 0 Å². The second-order valence-corrected chi connectivity index (χ2v) is 4.91. The zero-order valence-electron chi connectivity index (χ0n) is 11.7. The first-order valence-electron chi connectivity index (χ1n) is 6.65. The van der Waals surface area contributed by atoms with Crippen LogP contribution in [0.4, 0.5) is 13.2 Å². The SMILES string of the molecule is Cc1cc2ccccc2c(-c2ccc(OC(F)(F)F)cc2)n1. The van der Waals surface area contributed by atoms with Crippen LogP contribution in [-0.4, -0.2) is 11.3 Å². The van der Waals surface area contributed by atoms with Gasteiger partial charge in [0.25, 0.3) is 0 Å². The quantitative estimate of drug-likeness (QED) is 0.656. The van der Waals surface area contributed by atoms with Gasteiger partial charge in [-0.2, -0.15) is 0 Å². The summed E-state index contributed by atoms with van der Waals surface area (Å²) >= 11 is 0. The highest BCUT2D eigenvalue weighted by atomic mass is 19.4. The molecule has 0 saturated carbocycles. The molecule has 0 bridgehead atoms. The first-order valence-corrected chi connectivity index (χ1v) is 6.65. The molecule has 0 aliphatic rings. The molecule has 0 unspecified atom stereocenters. The lowest BCUT2D eigenvalue weighted by Gasteiger charge is -2.10. The Bertz CT molecular complexity index is 810. The summed E-state index contributed by atoms with van der Waals surface area (Å²) in [5.74, 6) is -0.242. The average Bonchev–Trinajstić information content (AvgIpc) is 2.45. The highest BCUT2D eigenvalue weighted by Gasteiger charge is 2.30. The number of pyridine rings is 1. The molecule has 2 aromatic carbocycles. The number of hydrogen-bond acceptors (Lipinski definition) is 2. The Hall–Kier alpha value is -2.56. The van der Waals surface area contributed by atoms with Gasteiger partial charge in [-0.3, -0.25) is 4.98 Å². The Kier molecular flexibility index (Phi) is 3.48. The van der Waals surface area contributed by atoms with Gasteiger partial charge in [-0.05, 0) is 42.6 Å². The van der Waals surface area contributed by atoms with Crippen molar-refractivity contribution in [1.29, 1.82) is 0 Å². The van der Waals surface area contributed by atoms with E-state index >= 15 is 0 Å². The lowest BCUT2D eigenvalue weighted by atomic mass is 10.0. The van der Waals surface area contributed by atoms with Crippen molar-refractivity contribution >= 4 is 10.8 Å². The van der Waals surface area contributed by atoms with Crippen LogP contribution >= 0.6 is 0 Å². The van der Waals surface area contributed by atoms with Gasteiger partial charge in [0.15, 0.2) is 0 Å². The molecule has 0 atom stereocenters. The minimum Gasteiger partial charge on any atom is -0.406 e. The van der Waals surface area contributed by atoms with E-state index in [1.54, 1.807) is 12.1 Å². The molecule has 0 spiro atoms. The van der Waals surface area contributed by atoms with Gasteiger partial charge in [0, 0.05) is 16.6 Å². The van der Waals surface area contributed by atoms with E-state index in [0.29, 0.717) is 0 Å². The minimum absolute atomic E-state index is 0.242. The topological polar surface area (TPSA) is 22.1 Å². The third-order valence-corrected chi connectivity index (χ3v) is 3.23. The van der Waals surface area contributed by atoms with Crippen LogP contribution in [0.25, 0.3) is 22.0 Å². The monoisotopic (exact) mass is 303 g/mol. The molecule has 0 aliphatic heterocycles. The standard InChI is InChI=1S/C17H12F3NO/c1-11-10-13-4-2-3-5-15(13)16(21-11)12-6-8-14(9-7-12)22-17(18,19)20/h2-10H,1H3. The van der Waals surface area contributed by atoms with Crippen LogP contribution in [0, 0.1) is 6.92 Å². The first kappa shape index (κ1) is 14.4. The van der Waals surface area contributed by atoms with Crippen LogP contribution in [0.15, 0.2) is 54.6 Å². The number of halogens is 3. The van der Waals surface area contributed by atoms with Crippen molar-refractivity contribution in [3.8, 4) is 17.0 Å². The van der Waals surface area contributed by atoms with Gasteiger partial charge >= 0.3 is 6.36 Å². The lowest BCUT2D eigenvalue weighted by Crippen LogP contribution is -2.16. The molecule has 112 valence electrons. The number of hydrogen-bond donors (Lipinski definition) is 0. The molecule has 0 saturated heterocycles. The van der Waals surface area contributed by atoms with Crippen molar-refractivity contribution < 1.29 is 17.9 Å². The maximum absolute atomic E-state index is 12.2. The summed E-state index contributed by atoms with van der Waals surface area (Å²) in [6.07, 6.45) is -4.68. The van der Waals surface area contributed by atoms with E-state index in [0.717, 1.165) is 27.7 Å². The molecular weight excluding hydrogens is 291 g/mol. The molecule has 0 aliphatic carbocycles.